The van der Waals surface area contributed by atoms with Gasteiger partial charge in [-0.25, -0.2) is 0 Å². The molecule has 1 atom stereocenters. The number of hydrogen-bond donors (Lipinski definition) is 0. The summed E-state index contributed by atoms with van der Waals surface area (Å²) in [6, 6.07) is 10.7. The van der Waals surface area contributed by atoms with Crippen molar-refractivity contribution in [1.29, 1.82) is 0 Å². The Balaban J connectivity index is 1.82. The number of aryl methyl sites for hydroxylation is 1. The fourth-order valence-corrected chi connectivity index (χ4v) is 1.87. The van der Waals surface area contributed by atoms with Crippen molar-refractivity contribution in [1.82, 2.24) is 0 Å². The molecule has 0 N–H and O–H groups in total. The third-order valence-electron chi connectivity index (χ3n) is 2.78. The van der Waals surface area contributed by atoms with Crippen molar-refractivity contribution in [3.63, 3.8) is 0 Å². The number of furan rings is 1. The molecular formula is C14H12O4. The van der Waals surface area contributed by atoms with E-state index in [4.69, 9.17) is 13.9 Å². The van der Waals surface area contributed by atoms with Crippen LogP contribution in [0.4, 0.5) is 0 Å². The van der Waals surface area contributed by atoms with Gasteiger partial charge in [0.15, 0.2) is 23.4 Å². The van der Waals surface area contributed by atoms with E-state index in [0.29, 0.717) is 23.0 Å². The van der Waals surface area contributed by atoms with Crippen LogP contribution in [0.1, 0.15) is 16.3 Å². The molecule has 3 rings (SSSR count). The van der Waals surface area contributed by atoms with Gasteiger partial charge in [-0.05, 0) is 31.2 Å². The van der Waals surface area contributed by atoms with Crippen LogP contribution in [0.25, 0.3) is 0 Å². The van der Waals surface area contributed by atoms with Gasteiger partial charge >= 0.3 is 0 Å². The van der Waals surface area contributed by atoms with Crippen LogP contribution < -0.4 is 9.47 Å². The third kappa shape index (κ3) is 1.86. The molecule has 92 valence electrons. The average Bonchev–Trinajstić information content (AvgIpc) is 2.84. The number of rotatable bonds is 2. The fourth-order valence-electron chi connectivity index (χ4n) is 1.87. The van der Waals surface area contributed by atoms with Crippen molar-refractivity contribution in [2.45, 2.75) is 13.0 Å². The van der Waals surface area contributed by atoms with E-state index >= 15 is 0 Å². The number of carbonyl (C=O) groups is 1. The predicted molar refractivity (Wildman–Crippen MR) is 64.1 cm³/mol. The first-order valence-electron chi connectivity index (χ1n) is 5.73. The number of hydrogen-bond acceptors (Lipinski definition) is 4. The molecular weight excluding hydrogens is 232 g/mol. The summed E-state index contributed by atoms with van der Waals surface area (Å²) in [5, 5.41) is 0. The summed E-state index contributed by atoms with van der Waals surface area (Å²) in [4.78, 5) is 12.1. The molecule has 1 aliphatic heterocycles. The van der Waals surface area contributed by atoms with Gasteiger partial charge in [0, 0.05) is 0 Å². The number of carbonyl (C=O) groups excluding carboxylic acids is 1. The normalized spacial score (nSPS) is 17.5. The third-order valence-corrected chi connectivity index (χ3v) is 2.78. The molecule has 2 heterocycles. The summed E-state index contributed by atoms with van der Waals surface area (Å²) in [6.07, 6.45) is -0.648. The summed E-state index contributed by atoms with van der Waals surface area (Å²) < 4.78 is 16.4. The van der Waals surface area contributed by atoms with Crippen LogP contribution in [0, 0.1) is 6.92 Å². The molecule has 4 nitrogen and oxygen atoms in total. The Kier molecular flexibility index (Phi) is 2.55. The smallest absolute Gasteiger partial charge is 0.241 e. The summed E-state index contributed by atoms with van der Waals surface area (Å²) >= 11 is 0. The number of benzene rings is 1. The highest BCUT2D eigenvalue weighted by Gasteiger charge is 2.29. The lowest BCUT2D eigenvalue weighted by molar-refractivity contribution is 0.0558. The van der Waals surface area contributed by atoms with Crippen LogP contribution in [0.2, 0.25) is 0 Å². The Morgan fingerprint density at radius 1 is 1.17 bits per heavy atom. The maximum absolute atomic E-state index is 12.1. The molecule has 0 saturated heterocycles. The van der Waals surface area contributed by atoms with Gasteiger partial charge in [0.1, 0.15) is 12.4 Å². The molecule has 0 bridgehead atoms. The van der Waals surface area contributed by atoms with E-state index in [1.54, 1.807) is 25.1 Å². The first-order valence-corrected chi connectivity index (χ1v) is 5.73. The second-order valence-electron chi connectivity index (χ2n) is 4.14. The van der Waals surface area contributed by atoms with Crippen molar-refractivity contribution < 1.29 is 18.7 Å². The molecule has 1 aromatic heterocycles. The maximum atomic E-state index is 12.1. The zero-order chi connectivity index (χ0) is 12.5. The van der Waals surface area contributed by atoms with E-state index < -0.39 is 6.10 Å². The SMILES string of the molecule is Cc1ccc(C(=O)C2COc3ccccc3O2)o1. The Labute approximate surface area is 104 Å². The Hall–Kier alpha value is -2.23. The van der Waals surface area contributed by atoms with E-state index in [0.717, 1.165) is 0 Å². The van der Waals surface area contributed by atoms with Crippen molar-refractivity contribution in [3.05, 3.63) is 47.9 Å². The molecule has 0 fully saturated rings. The summed E-state index contributed by atoms with van der Waals surface area (Å²) in [6.45, 7) is 2.00. The molecule has 1 aromatic carbocycles. The second kappa shape index (κ2) is 4.22. The van der Waals surface area contributed by atoms with Gasteiger partial charge in [-0.3, -0.25) is 4.79 Å². The van der Waals surface area contributed by atoms with Gasteiger partial charge in [-0.15, -0.1) is 0 Å². The molecule has 18 heavy (non-hydrogen) atoms. The minimum absolute atomic E-state index is 0.197. The number of ketones is 1. The van der Waals surface area contributed by atoms with Crippen molar-refractivity contribution >= 4 is 5.78 Å². The highest BCUT2D eigenvalue weighted by molar-refractivity contribution is 5.97. The van der Waals surface area contributed by atoms with Gasteiger partial charge < -0.3 is 13.9 Å². The van der Waals surface area contributed by atoms with E-state index in [9.17, 15) is 4.79 Å². The Bertz CT molecular complexity index is 585. The standard InChI is InChI=1S/C14H12O4/c1-9-6-7-12(17-9)14(15)13-8-16-10-4-2-3-5-11(10)18-13/h2-7,13H,8H2,1H3. The average molecular weight is 244 g/mol. The van der Waals surface area contributed by atoms with Crippen LogP contribution in [0.3, 0.4) is 0 Å². The minimum atomic E-state index is -0.648. The predicted octanol–water partition coefficient (Wildman–Crippen LogP) is 2.61. The van der Waals surface area contributed by atoms with Gasteiger partial charge in [-0.1, -0.05) is 12.1 Å². The zero-order valence-corrected chi connectivity index (χ0v) is 9.88. The minimum Gasteiger partial charge on any atom is -0.485 e. The van der Waals surface area contributed by atoms with Crippen molar-refractivity contribution in [2.24, 2.45) is 0 Å². The first-order chi connectivity index (χ1) is 8.74. The highest BCUT2D eigenvalue weighted by Crippen LogP contribution is 2.31. The lowest BCUT2D eigenvalue weighted by atomic mass is 10.1. The van der Waals surface area contributed by atoms with Crippen molar-refractivity contribution in [2.75, 3.05) is 6.61 Å². The molecule has 1 aliphatic rings. The molecule has 0 radical (unpaired) electrons. The summed E-state index contributed by atoms with van der Waals surface area (Å²) in [5.41, 5.74) is 0. The molecule has 0 aliphatic carbocycles. The number of Topliss-reactive ketones (excluding diaryl/α,β-unsaturated/α-hetero) is 1. The Morgan fingerprint density at radius 3 is 2.67 bits per heavy atom. The van der Waals surface area contributed by atoms with E-state index in [-0.39, 0.29) is 12.4 Å². The monoisotopic (exact) mass is 244 g/mol. The number of ether oxygens (including phenoxy) is 2. The topological polar surface area (TPSA) is 48.7 Å². The lowest BCUT2D eigenvalue weighted by Crippen LogP contribution is -2.36. The Morgan fingerprint density at radius 2 is 1.94 bits per heavy atom. The van der Waals surface area contributed by atoms with Crippen LogP contribution in [0.15, 0.2) is 40.8 Å². The van der Waals surface area contributed by atoms with E-state index in [2.05, 4.69) is 0 Å². The van der Waals surface area contributed by atoms with E-state index in [1.165, 1.54) is 0 Å². The zero-order valence-electron chi connectivity index (χ0n) is 9.88. The lowest BCUT2D eigenvalue weighted by Gasteiger charge is -2.24. The van der Waals surface area contributed by atoms with E-state index in [1.807, 2.05) is 18.2 Å². The van der Waals surface area contributed by atoms with Crippen LogP contribution in [-0.2, 0) is 0 Å². The maximum Gasteiger partial charge on any atom is 0.241 e. The summed E-state index contributed by atoms with van der Waals surface area (Å²) in [5.74, 6) is 2.07. The molecule has 0 saturated carbocycles. The summed E-state index contributed by atoms with van der Waals surface area (Å²) in [7, 11) is 0. The van der Waals surface area contributed by atoms with Crippen LogP contribution >= 0.6 is 0 Å². The number of fused-ring (bicyclic) bond motifs is 1. The number of para-hydroxylation sites is 2. The largest absolute Gasteiger partial charge is 0.485 e. The fraction of sp³-hybridized carbons (Fsp3) is 0.214. The first kappa shape index (κ1) is 10.9. The van der Waals surface area contributed by atoms with Gasteiger partial charge in [0.05, 0.1) is 0 Å². The van der Waals surface area contributed by atoms with Gasteiger partial charge in [0.2, 0.25) is 5.78 Å². The van der Waals surface area contributed by atoms with Crippen LogP contribution in [-0.4, -0.2) is 18.5 Å². The van der Waals surface area contributed by atoms with Crippen LogP contribution in [0.5, 0.6) is 11.5 Å². The highest BCUT2D eigenvalue weighted by atomic mass is 16.6. The molecule has 1 unspecified atom stereocenters. The molecule has 4 heteroatoms. The molecule has 0 amide bonds. The van der Waals surface area contributed by atoms with Crippen molar-refractivity contribution in [3.8, 4) is 11.5 Å². The van der Waals surface area contributed by atoms with Gasteiger partial charge in [0.25, 0.3) is 0 Å². The van der Waals surface area contributed by atoms with Gasteiger partial charge in [-0.2, -0.15) is 0 Å². The quantitative estimate of drug-likeness (QED) is 0.762. The second-order valence-corrected chi connectivity index (χ2v) is 4.14. The molecule has 2 aromatic rings. The molecule has 0 spiro atoms.